The highest BCUT2D eigenvalue weighted by Gasteiger charge is 2.24. The standard InChI is InChI=1S/C18H17N3O2S2/c1-12-8-9-15(23-2)14(10-12)20-17(22)16(13-6-4-3-5-7-13)25-18-21-19-11-24-18/h3-11,16H,1-2H3,(H,20,22). The van der Waals surface area contributed by atoms with Crippen LogP contribution in [0.5, 0.6) is 5.75 Å². The van der Waals surface area contributed by atoms with Crippen LogP contribution in [0.2, 0.25) is 0 Å². The number of ether oxygens (including phenoxy) is 1. The Hall–Kier alpha value is -2.38. The lowest BCUT2D eigenvalue weighted by molar-refractivity contribution is -0.115. The molecule has 1 aromatic heterocycles. The average molecular weight is 371 g/mol. The van der Waals surface area contributed by atoms with E-state index in [2.05, 4.69) is 15.5 Å². The molecule has 1 N–H and O–H groups in total. The number of amides is 1. The van der Waals surface area contributed by atoms with E-state index in [1.54, 1.807) is 12.6 Å². The summed E-state index contributed by atoms with van der Waals surface area (Å²) in [6.07, 6.45) is 0. The molecular formula is C18H17N3O2S2. The zero-order valence-electron chi connectivity index (χ0n) is 13.8. The van der Waals surface area contributed by atoms with E-state index < -0.39 is 5.25 Å². The van der Waals surface area contributed by atoms with E-state index in [1.807, 2.05) is 55.5 Å². The maximum atomic E-state index is 13.0. The Kier molecular flexibility index (Phi) is 5.67. The number of rotatable bonds is 6. The average Bonchev–Trinajstić information content (AvgIpc) is 3.14. The van der Waals surface area contributed by atoms with Crippen molar-refractivity contribution in [1.82, 2.24) is 10.2 Å². The highest BCUT2D eigenvalue weighted by molar-refractivity contribution is 8.01. The van der Waals surface area contributed by atoms with Crippen molar-refractivity contribution in [2.75, 3.05) is 12.4 Å². The van der Waals surface area contributed by atoms with E-state index in [9.17, 15) is 4.79 Å². The number of carbonyl (C=O) groups excluding carboxylic acids is 1. The molecule has 3 aromatic rings. The third-order valence-electron chi connectivity index (χ3n) is 3.51. The van der Waals surface area contributed by atoms with Gasteiger partial charge in [-0.3, -0.25) is 4.79 Å². The van der Waals surface area contributed by atoms with E-state index >= 15 is 0 Å². The zero-order chi connectivity index (χ0) is 17.6. The summed E-state index contributed by atoms with van der Waals surface area (Å²) in [5.74, 6) is 0.502. The maximum absolute atomic E-state index is 13.0. The molecule has 1 amide bonds. The van der Waals surface area contributed by atoms with Gasteiger partial charge in [0.15, 0.2) is 4.34 Å². The first-order valence-corrected chi connectivity index (χ1v) is 9.36. The number of aryl methyl sites for hydroxylation is 1. The minimum absolute atomic E-state index is 0.129. The monoisotopic (exact) mass is 371 g/mol. The van der Waals surface area contributed by atoms with Crippen LogP contribution in [0.15, 0.2) is 58.4 Å². The lowest BCUT2D eigenvalue weighted by atomic mass is 10.1. The molecule has 0 bridgehead atoms. The Morgan fingerprint density at radius 2 is 2.04 bits per heavy atom. The first kappa shape index (κ1) is 17.4. The van der Waals surface area contributed by atoms with Crippen LogP contribution in [0.4, 0.5) is 5.69 Å². The van der Waals surface area contributed by atoms with E-state index in [4.69, 9.17) is 4.74 Å². The molecule has 0 saturated carbocycles. The predicted molar refractivity (Wildman–Crippen MR) is 101 cm³/mol. The number of nitrogens with zero attached hydrogens (tertiary/aromatic N) is 2. The molecule has 0 aliphatic carbocycles. The second-order valence-electron chi connectivity index (χ2n) is 5.31. The van der Waals surface area contributed by atoms with Crippen LogP contribution in [0.1, 0.15) is 16.4 Å². The van der Waals surface area contributed by atoms with Gasteiger partial charge >= 0.3 is 0 Å². The fourth-order valence-electron chi connectivity index (χ4n) is 2.33. The van der Waals surface area contributed by atoms with Gasteiger partial charge in [0.25, 0.3) is 0 Å². The number of nitrogens with one attached hydrogen (secondary N) is 1. The summed E-state index contributed by atoms with van der Waals surface area (Å²) >= 11 is 2.80. The Balaban J connectivity index is 1.88. The molecule has 3 rings (SSSR count). The van der Waals surface area contributed by atoms with Crippen molar-refractivity contribution in [2.45, 2.75) is 16.5 Å². The number of benzene rings is 2. The number of carbonyl (C=O) groups is 1. The summed E-state index contributed by atoms with van der Waals surface area (Å²) in [7, 11) is 1.59. The molecule has 0 aliphatic rings. The van der Waals surface area contributed by atoms with Crippen LogP contribution in [0.3, 0.4) is 0 Å². The fraction of sp³-hybridized carbons (Fsp3) is 0.167. The van der Waals surface area contributed by atoms with Gasteiger partial charge in [0, 0.05) is 0 Å². The molecule has 128 valence electrons. The van der Waals surface area contributed by atoms with Gasteiger partial charge in [-0.2, -0.15) is 0 Å². The molecular weight excluding hydrogens is 354 g/mol. The van der Waals surface area contributed by atoms with E-state index in [1.165, 1.54) is 23.1 Å². The van der Waals surface area contributed by atoms with Gasteiger partial charge in [0.2, 0.25) is 5.91 Å². The molecule has 0 aliphatic heterocycles. The van der Waals surface area contributed by atoms with Crippen LogP contribution < -0.4 is 10.1 Å². The zero-order valence-corrected chi connectivity index (χ0v) is 15.4. The number of anilines is 1. The van der Waals surface area contributed by atoms with Crippen molar-refractivity contribution in [2.24, 2.45) is 0 Å². The molecule has 1 atom stereocenters. The third kappa shape index (κ3) is 4.37. The molecule has 0 saturated heterocycles. The van der Waals surface area contributed by atoms with Crippen molar-refractivity contribution >= 4 is 34.7 Å². The molecule has 0 fully saturated rings. The number of hydrogen-bond acceptors (Lipinski definition) is 6. The summed E-state index contributed by atoms with van der Waals surface area (Å²) in [6, 6.07) is 15.3. The molecule has 25 heavy (non-hydrogen) atoms. The highest BCUT2D eigenvalue weighted by Crippen LogP contribution is 2.37. The number of aromatic nitrogens is 2. The molecule has 1 unspecified atom stereocenters. The predicted octanol–water partition coefficient (Wildman–Crippen LogP) is 4.33. The SMILES string of the molecule is COc1ccc(C)cc1NC(=O)C(Sc1nncs1)c1ccccc1. The van der Waals surface area contributed by atoms with Gasteiger partial charge in [-0.25, -0.2) is 0 Å². The van der Waals surface area contributed by atoms with Crippen molar-refractivity contribution in [3.05, 3.63) is 65.2 Å². The first-order valence-electron chi connectivity index (χ1n) is 7.60. The van der Waals surface area contributed by atoms with Crippen molar-refractivity contribution in [3.63, 3.8) is 0 Å². The van der Waals surface area contributed by atoms with Gasteiger partial charge in [-0.1, -0.05) is 59.5 Å². The smallest absolute Gasteiger partial charge is 0.242 e. The van der Waals surface area contributed by atoms with Gasteiger partial charge in [0.05, 0.1) is 12.8 Å². The molecule has 0 radical (unpaired) electrons. The molecule has 1 heterocycles. The van der Waals surface area contributed by atoms with Gasteiger partial charge in [0.1, 0.15) is 16.5 Å². The summed E-state index contributed by atoms with van der Waals surface area (Å²) < 4.78 is 6.10. The quantitative estimate of drug-likeness (QED) is 0.654. The topological polar surface area (TPSA) is 64.1 Å². The first-order chi connectivity index (χ1) is 12.2. The fourth-order valence-corrected chi connectivity index (χ4v) is 4.01. The minimum atomic E-state index is -0.431. The Morgan fingerprint density at radius 3 is 2.72 bits per heavy atom. The summed E-state index contributed by atoms with van der Waals surface area (Å²) in [5.41, 5.74) is 4.27. The summed E-state index contributed by atoms with van der Waals surface area (Å²) in [4.78, 5) is 13.0. The summed E-state index contributed by atoms with van der Waals surface area (Å²) in [6.45, 7) is 1.97. The molecule has 7 heteroatoms. The Bertz CT molecular complexity index is 839. The van der Waals surface area contributed by atoms with Crippen molar-refractivity contribution in [1.29, 1.82) is 0 Å². The van der Waals surface area contributed by atoms with Gasteiger partial charge in [-0.05, 0) is 30.2 Å². The van der Waals surface area contributed by atoms with E-state index in [0.717, 1.165) is 15.5 Å². The molecule has 5 nitrogen and oxygen atoms in total. The normalized spacial score (nSPS) is 11.8. The minimum Gasteiger partial charge on any atom is -0.495 e. The summed E-state index contributed by atoms with van der Waals surface area (Å²) in [5, 5.41) is 10.4. The molecule has 0 spiro atoms. The molecule has 2 aromatic carbocycles. The lowest BCUT2D eigenvalue weighted by Crippen LogP contribution is -2.19. The van der Waals surface area contributed by atoms with Gasteiger partial charge in [-0.15, -0.1) is 10.2 Å². The number of methoxy groups -OCH3 is 1. The number of thioether (sulfide) groups is 1. The van der Waals surface area contributed by atoms with E-state index in [-0.39, 0.29) is 5.91 Å². The van der Waals surface area contributed by atoms with Crippen molar-refractivity contribution in [3.8, 4) is 5.75 Å². The van der Waals surface area contributed by atoms with Crippen molar-refractivity contribution < 1.29 is 9.53 Å². The highest BCUT2D eigenvalue weighted by atomic mass is 32.2. The lowest BCUT2D eigenvalue weighted by Gasteiger charge is -2.17. The van der Waals surface area contributed by atoms with Crippen LogP contribution in [-0.2, 0) is 4.79 Å². The maximum Gasteiger partial charge on any atom is 0.242 e. The second-order valence-corrected chi connectivity index (χ2v) is 7.49. The number of hydrogen-bond donors (Lipinski definition) is 1. The van der Waals surface area contributed by atoms with E-state index in [0.29, 0.717) is 11.4 Å². The van der Waals surface area contributed by atoms with Gasteiger partial charge < -0.3 is 10.1 Å². The Labute approximate surface area is 154 Å². The Morgan fingerprint density at radius 1 is 1.24 bits per heavy atom. The second kappa shape index (κ2) is 8.13. The van der Waals surface area contributed by atoms with Crippen LogP contribution in [0, 0.1) is 6.92 Å². The third-order valence-corrected chi connectivity index (χ3v) is 5.58. The largest absolute Gasteiger partial charge is 0.495 e. The van der Waals surface area contributed by atoms with Crippen LogP contribution in [-0.4, -0.2) is 23.2 Å². The van der Waals surface area contributed by atoms with Crippen LogP contribution in [0.25, 0.3) is 0 Å². The van der Waals surface area contributed by atoms with Crippen LogP contribution >= 0.6 is 23.1 Å².